The van der Waals surface area contributed by atoms with E-state index in [2.05, 4.69) is 60.2 Å². The molecule has 1 unspecified atom stereocenters. The van der Waals surface area contributed by atoms with Crippen molar-refractivity contribution < 1.29 is 0 Å². The van der Waals surface area contributed by atoms with Crippen LogP contribution in [0.15, 0.2) is 22.7 Å². The van der Waals surface area contributed by atoms with Gasteiger partial charge in [0.1, 0.15) is 0 Å². The predicted octanol–water partition coefficient (Wildman–Crippen LogP) is 4.75. The first-order valence-electron chi connectivity index (χ1n) is 6.02. The minimum Gasteiger partial charge on any atom is -0.381 e. The van der Waals surface area contributed by atoms with Crippen molar-refractivity contribution >= 4 is 21.6 Å². The molecule has 0 aromatic heterocycles. The zero-order valence-electron chi connectivity index (χ0n) is 10.3. The van der Waals surface area contributed by atoms with Crippen molar-refractivity contribution in [3.63, 3.8) is 0 Å². The van der Waals surface area contributed by atoms with Crippen LogP contribution in [0, 0.1) is 12.3 Å². The van der Waals surface area contributed by atoms with Gasteiger partial charge >= 0.3 is 0 Å². The first kappa shape index (κ1) is 12.0. The third-order valence-corrected chi connectivity index (χ3v) is 4.83. The highest BCUT2D eigenvalue weighted by atomic mass is 79.9. The van der Waals surface area contributed by atoms with Gasteiger partial charge in [-0.2, -0.15) is 0 Å². The SMILES string of the molecule is Cc1cccc(NC2CCCC2(C)C)c1Br. The molecule has 1 aromatic rings. The number of halogens is 1. The first-order valence-corrected chi connectivity index (χ1v) is 6.82. The van der Waals surface area contributed by atoms with Crippen LogP contribution in [0.1, 0.15) is 38.7 Å². The summed E-state index contributed by atoms with van der Waals surface area (Å²) in [7, 11) is 0. The molecule has 88 valence electrons. The van der Waals surface area contributed by atoms with E-state index in [1.165, 1.54) is 35.0 Å². The molecule has 1 nitrogen and oxygen atoms in total. The number of aryl methyl sites for hydroxylation is 1. The molecule has 0 bridgehead atoms. The van der Waals surface area contributed by atoms with Gasteiger partial charge in [-0.05, 0) is 52.7 Å². The highest BCUT2D eigenvalue weighted by molar-refractivity contribution is 9.10. The fourth-order valence-corrected chi connectivity index (χ4v) is 2.92. The van der Waals surface area contributed by atoms with Crippen LogP contribution < -0.4 is 5.32 Å². The molecular weight excluding hydrogens is 262 g/mol. The lowest BCUT2D eigenvalue weighted by Gasteiger charge is -2.29. The summed E-state index contributed by atoms with van der Waals surface area (Å²) in [6.45, 7) is 6.86. The molecule has 0 aliphatic heterocycles. The van der Waals surface area contributed by atoms with Crippen LogP contribution in [0.3, 0.4) is 0 Å². The third kappa shape index (κ3) is 2.27. The Balaban J connectivity index is 2.18. The molecule has 16 heavy (non-hydrogen) atoms. The summed E-state index contributed by atoms with van der Waals surface area (Å²) in [5, 5.41) is 3.69. The summed E-state index contributed by atoms with van der Waals surface area (Å²) in [5.41, 5.74) is 2.95. The van der Waals surface area contributed by atoms with Crippen molar-refractivity contribution in [2.75, 3.05) is 5.32 Å². The smallest absolute Gasteiger partial charge is 0.0489 e. The molecule has 1 aliphatic rings. The Bertz CT molecular complexity index is 384. The molecule has 0 radical (unpaired) electrons. The average Bonchev–Trinajstić information content (AvgIpc) is 2.54. The van der Waals surface area contributed by atoms with E-state index in [9.17, 15) is 0 Å². The van der Waals surface area contributed by atoms with E-state index in [-0.39, 0.29) is 0 Å². The van der Waals surface area contributed by atoms with Gasteiger partial charge in [0.2, 0.25) is 0 Å². The van der Waals surface area contributed by atoms with E-state index in [0.717, 1.165) is 0 Å². The molecule has 0 spiro atoms. The molecule has 1 fully saturated rings. The summed E-state index contributed by atoms with van der Waals surface area (Å²) >= 11 is 3.66. The minimum atomic E-state index is 0.420. The second-order valence-corrected chi connectivity index (χ2v) is 6.31. The van der Waals surface area contributed by atoms with Gasteiger partial charge in [-0.25, -0.2) is 0 Å². The van der Waals surface area contributed by atoms with E-state index in [0.29, 0.717) is 11.5 Å². The van der Waals surface area contributed by atoms with Crippen LogP contribution in [0.5, 0.6) is 0 Å². The summed E-state index contributed by atoms with van der Waals surface area (Å²) in [4.78, 5) is 0. The number of hydrogen-bond donors (Lipinski definition) is 1. The van der Waals surface area contributed by atoms with Crippen molar-refractivity contribution in [3.8, 4) is 0 Å². The van der Waals surface area contributed by atoms with Gasteiger partial charge < -0.3 is 5.32 Å². The van der Waals surface area contributed by atoms with Crippen molar-refractivity contribution in [2.24, 2.45) is 5.41 Å². The first-order chi connectivity index (χ1) is 7.50. The van der Waals surface area contributed by atoms with E-state index in [4.69, 9.17) is 0 Å². The van der Waals surface area contributed by atoms with Crippen LogP contribution in [-0.2, 0) is 0 Å². The van der Waals surface area contributed by atoms with Gasteiger partial charge in [0, 0.05) is 16.2 Å². The second-order valence-electron chi connectivity index (χ2n) is 5.51. The van der Waals surface area contributed by atoms with Crippen LogP contribution in [0.25, 0.3) is 0 Å². The summed E-state index contributed by atoms with van der Waals surface area (Å²) in [5.74, 6) is 0. The number of hydrogen-bond acceptors (Lipinski definition) is 1. The van der Waals surface area contributed by atoms with Crippen molar-refractivity contribution in [1.29, 1.82) is 0 Å². The van der Waals surface area contributed by atoms with Crippen LogP contribution in [-0.4, -0.2) is 6.04 Å². The molecule has 1 aromatic carbocycles. The van der Waals surface area contributed by atoms with Gasteiger partial charge in [-0.15, -0.1) is 0 Å². The Kier molecular flexibility index (Phi) is 3.29. The van der Waals surface area contributed by atoms with Crippen molar-refractivity contribution in [1.82, 2.24) is 0 Å². The standard InChI is InChI=1S/C14H20BrN/c1-10-6-4-7-11(13(10)15)16-12-8-5-9-14(12,2)3/h4,6-7,12,16H,5,8-9H2,1-3H3. The van der Waals surface area contributed by atoms with Crippen LogP contribution in [0.2, 0.25) is 0 Å². The van der Waals surface area contributed by atoms with Crippen LogP contribution >= 0.6 is 15.9 Å². The maximum atomic E-state index is 3.69. The minimum absolute atomic E-state index is 0.420. The fraction of sp³-hybridized carbons (Fsp3) is 0.571. The van der Waals surface area contributed by atoms with E-state index in [1.54, 1.807) is 0 Å². The molecule has 1 saturated carbocycles. The molecule has 1 N–H and O–H groups in total. The number of nitrogens with one attached hydrogen (secondary N) is 1. The van der Waals surface area contributed by atoms with Gasteiger partial charge in [0.25, 0.3) is 0 Å². The number of benzene rings is 1. The molecule has 2 rings (SSSR count). The zero-order valence-corrected chi connectivity index (χ0v) is 11.9. The Morgan fingerprint density at radius 2 is 2.12 bits per heavy atom. The predicted molar refractivity (Wildman–Crippen MR) is 73.9 cm³/mol. The lowest BCUT2D eigenvalue weighted by molar-refractivity contribution is 0.350. The average molecular weight is 282 g/mol. The zero-order chi connectivity index (χ0) is 11.8. The lowest BCUT2D eigenvalue weighted by atomic mass is 9.87. The highest BCUT2D eigenvalue weighted by Gasteiger charge is 2.34. The molecule has 2 heteroatoms. The Morgan fingerprint density at radius 3 is 2.75 bits per heavy atom. The summed E-state index contributed by atoms with van der Waals surface area (Å²) in [6.07, 6.45) is 3.95. The maximum Gasteiger partial charge on any atom is 0.0489 e. The Morgan fingerprint density at radius 1 is 1.38 bits per heavy atom. The molecule has 0 saturated heterocycles. The lowest BCUT2D eigenvalue weighted by Crippen LogP contribution is -2.30. The van der Waals surface area contributed by atoms with E-state index in [1.807, 2.05) is 0 Å². The van der Waals surface area contributed by atoms with Gasteiger partial charge in [0.05, 0.1) is 0 Å². The molecule has 1 atom stereocenters. The van der Waals surface area contributed by atoms with Crippen LogP contribution in [0.4, 0.5) is 5.69 Å². The van der Waals surface area contributed by atoms with Crippen molar-refractivity contribution in [3.05, 3.63) is 28.2 Å². The third-order valence-electron chi connectivity index (χ3n) is 3.78. The summed E-state index contributed by atoms with van der Waals surface area (Å²) < 4.78 is 1.21. The second kappa shape index (κ2) is 4.40. The molecular formula is C14H20BrN. The Labute approximate surface area is 107 Å². The van der Waals surface area contributed by atoms with Crippen molar-refractivity contribution in [2.45, 2.75) is 46.1 Å². The van der Waals surface area contributed by atoms with E-state index < -0.39 is 0 Å². The topological polar surface area (TPSA) is 12.0 Å². The molecule has 0 amide bonds. The normalized spacial score (nSPS) is 23.4. The van der Waals surface area contributed by atoms with Gasteiger partial charge in [-0.1, -0.05) is 32.4 Å². The molecule has 1 aliphatic carbocycles. The maximum absolute atomic E-state index is 3.69. The fourth-order valence-electron chi connectivity index (χ4n) is 2.54. The largest absolute Gasteiger partial charge is 0.381 e. The van der Waals surface area contributed by atoms with Gasteiger partial charge in [-0.3, -0.25) is 0 Å². The Hall–Kier alpha value is -0.500. The number of rotatable bonds is 2. The summed E-state index contributed by atoms with van der Waals surface area (Å²) in [6, 6.07) is 7.01. The number of anilines is 1. The van der Waals surface area contributed by atoms with E-state index >= 15 is 0 Å². The highest BCUT2D eigenvalue weighted by Crippen LogP contribution is 2.40. The quantitative estimate of drug-likeness (QED) is 0.825. The van der Waals surface area contributed by atoms with Gasteiger partial charge in [0.15, 0.2) is 0 Å². The molecule has 0 heterocycles. The monoisotopic (exact) mass is 281 g/mol.